The Hall–Kier alpha value is -2.70. The molecule has 2 aromatic rings. The first-order chi connectivity index (χ1) is 14.1. The lowest BCUT2D eigenvalue weighted by atomic mass is 10.0. The molecule has 0 bridgehead atoms. The molecule has 1 unspecified atom stereocenters. The maximum atomic E-state index is 12.6. The number of hydrogen-bond acceptors (Lipinski definition) is 4. The van der Waals surface area contributed by atoms with Crippen molar-refractivity contribution >= 4 is 11.8 Å². The van der Waals surface area contributed by atoms with Crippen molar-refractivity contribution in [2.75, 3.05) is 32.8 Å². The van der Waals surface area contributed by atoms with E-state index in [4.69, 9.17) is 5.11 Å². The van der Waals surface area contributed by atoms with E-state index < -0.39 is 6.04 Å². The van der Waals surface area contributed by atoms with Crippen molar-refractivity contribution in [3.05, 3.63) is 60.2 Å². The SMILES string of the molecule is CCN(CCO)C(=O)CC1C(=O)NCCN1Cc1ccc(-c2ccccc2)cc1. The summed E-state index contributed by atoms with van der Waals surface area (Å²) in [7, 11) is 0. The summed E-state index contributed by atoms with van der Waals surface area (Å²) in [6.07, 6.45) is 0.127. The smallest absolute Gasteiger partial charge is 0.237 e. The van der Waals surface area contributed by atoms with Crippen molar-refractivity contribution in [1.29, 1.82) is 0 Å². The van der Waals surface area contributed by atoms with Crippen molar-refractivity contribution in [2.24, 2.45) is 0 Å². The molecule has 0 spiro atoms. The minimum absolute atomic E-state index is 0.0755. The number of aliphatic hydroxyl groups excluding tert-OH is 1. The number of nitrogens with zero attached hydrogens (tertiary/aromatic N) is 2. The molecular formula is C23H29N3O3. The maximum absolute atomic E-state index is 12.6. The van der Waals surface area contributed by atoms with E-state index in [0.717, 1.165) is 11.1 Å². The largest absolute Gasteiger partial charge is 0.395 e. The summed E-state index contributed by atoms with van der Waals surface area (Å²) in [5.74, 6) is -0.210. The van der Waals surface area contributed by atoms with Crippen LogP contribution < -0.4 is 5.32 Å². The molecule has 1 fully saturated rings. The highest BCUT2D eigenvalue weighted by Crippen LogP contribution is 2.21. The van der Waals surface area contributed by atoms with Gasteiger partial charge in [-0.2, -0.15) is 0 Å². The molecule has 29 heavy (non-hydrogen) atoms. The molecule has 0 saturated carbocycles. The number of carbonyl (C=O) groups excluding carboxylic acids is 2. The van der Waals surface area contributed by atoms with E-state index >= 15 is 0 Å². The van der Waals surface area contributed by atoms with Crippen LogP contribution in [0.1, 0.15) is 18.9 Å². The van der Waals surface area contributed by atoms with Gasteiger partial charge >= 0.3 is 0 Å². The van der Waals surface area contributed by atoms with Crippen molar-refractivity contribution < 1.29 is 14.7 Å². The summed E-state index contributed by atoms with van der Waals surface area (Å²) in [6.45, 7) is 4.52. The van der Waals surface area contributed by atoms with Gasteiger partial charge in [-0.3, -0.25) is 14.5 Å². The molecule has 1 heterocycles. The van der Waals surface area contributed by atoms with Gasteiger partial charge < -0.3 is 15.3 Å². The highest BCUT2D eigenvalue weighted by Gasteiger charge is 2.32. The van der Waals surface area contributed by atoms with Gasteiger partial charge in [0.1, 0.15) is 0 Å². The Morgan fingerprint density at radius 3 is 2.48 bits per heavy atom. The van der Waals surface area contributed by atoms with Crippen LogP contribution in [-0.2, 0) is 16.1 Å². The number of aliphatic hydroxyl groups is 1. The third-order valence-electron chi connectivity index (χ3n) is 5.36. The van der Waals surface area contributed by atoms with Crippen molar-refractivity contribution in [2.45, 2.75) is 25.9 Å². The van der Waals surface area contributed by atoms with Crippen molar-refractivity contribution in [3.63, 3.8) is 0 Å². The second kappa shape index (κ2) is 10.2. The molecule has 6 heteroatoms. The number of piperazine rings is 1. The zero-order valence-electron chi connectivity index (χ0n) is 16.9. The number of amides is 2. The fourth-order valence-corrected chi connectivity index (χ4v) is 3.72. The quantitative estimate of drug-likeness (QED) is 0.716. The third-order valence-corrected chi connectivity index (χ3v) is 5.36. The van der Waals surface area contributed by atoms with E-state index in [2.05, 4.69) is 46.6 Å². The van der Waals surface area contributed by atoms with Gasteiger partial charge in [-0.15, -0.1) is 0 Å². The third kappa shape index (κ3) is 5.43. The van der Waals surface area contributed by atoms with Gasteiger partial charge in [0.2, 0.25) is 11.8 Å². The molecule has 2 N–H and O–H groups in total. The average molecular weight is 396 g/mol. The van der Waals surface area contributed by atoms with Crippen LogP contribution in [0.2, 0.25) is 0 Å². The van der Waals surface area contributed by atoms with E-state index in [9.17, 15) is 9.59 Å². The summed E-state index contributed by atoms with van der Waals surface area (Å²) in [5, 5.41) is 12.0. The van der Waals surface area contributed by atoms with E-state index in [-0.39, 0.29) is 24.8 Å². The van der Waals surface area contributed by atoms with Gasteiger partial charge in [-0.1, -0.05) is 54.6 Å². The first kappa shape index (κ1) is 21.0. The summed E-state index contributed by atoms with van der Waals surface area (Å²) >= 11 is 0. The molecule has 154 valence electrons. The lowest BCUT2D eigenvalue weighted by Crippen LogP contribution is -2.56. The van der Waals surface area contributed by atoms with Crippen LogP contribution in [0.25, 0.3) is 11.1 Å². The van der Waals surface area contributed by atoms with Gasteiger partial charge in [0.25, 0.3) is 0 Å². The molecule has 0 aromatic heterocycles. The van der Waals surface area contributed by atoms with E-state index in [1.54, 1.807) is 4.90 Å². The number of likely N-dealkylation sites (N-methyl/N-ethyl adjacent to an activating group) is 1. The van der Waals surface area contributed by atoms with Gasteiger partial charge in [-0.05, 0) is 23.6 Å². The van der Waals surface area contributed by atoms with Crippen LogP contribution in [0.5, 0.6) is 0 Å². The molecule has 6 nitrogen and oxygen atoms in total. The number of rotatable bonds is 8. The van der Waals surface area contributed by atoms with E-state index in [1.807, 2.05) is 25.1 Å². The van der Waals surface area contributed by atoms with Crippen molar-refractivity contribution in [3.8, 4) is 11.1 Å². The summed E-state index contributed by atoms with van der Waals surface area (Å²) in [4.78, 5) is 28.7. The first-order valence-corrected chi connectivity index (χ1v) is 10.2. The molecule has 1 aliphatic rings. The maximum Gasteiger partial charge on any atom is 0.237 e. The summed E-state index contributed by atoms with van der Waals surface area (Å²) < 4.78 is 0. The minimum atomic E-state index is -0.488. The fourth-order valence-electron chi connectivity index (χ4n) is 3.72. The van der Waals surface area contributed by atoms with E-state index in [1.165, 1.54) is 5.56 Å². The van der Waals surface area contributed by atoms with Crippen LogP contribution in [0.15, 0.2) is 54.6 Å². The van der Waals surface area contributed by atoms with Gasteiger partial charge in [0.05, 0.1) is 19.1 Å². The summed E-state index contributed by atoms with van der Waals surface area (Å²) in [6, 6.07) is 18.1. The average Bonchev–Trinajstić information content (AvgIpc) is 2.75. The topological polar surface area (TPSA) is 72.9 Å². The second-order valence-electron chi connectivity index (χ2n) is 7.24. The lowest BCUT2D eigenvalue weighted by Gasteiger charge is -2.35. The zero-order chi connectivity index (χ0) is 20.6. The van der Waals surface area contributed by atoms with Crippen LogP contribution >= 0.6 is 0 Å². The zero-order valence-corrected chi connectivity index (χ0v) is 16.9. The standard InChI is InChI=1S/C23H29N3O3/c1-2-25(14-15-27)22(28)16-21-23(29)24-12-13-26(21)17-18-8-10-20(11-9-18)19-6-4-3-5-7-19/h3-11,21,27H,2,12-17H2,1H3,(H,24,29). The second-order valence-corrected chi connectivity index (χ2v) is 7.24. The molecule has 2 aromatic carbocycles. The highest BCUT2D eigenvalue weighted by molar-refractivity contribution is 5.88. The van der Waals surface area contributed by atoms with Crippen LogP contribution in [-0.4, -0.2) is 65.5 Å². The Morgan fingerprint density at radius 1 is 1.14 bits per heavy atom. The normalized spacial score (nSPS) is 17.0. The van der Waals surface area contributed by atoms with Gasteiger partial charge in [-0.25, -0.2) is 0 Å². The molecule has 0 aliphatic carbocycles. The predicted octanol–water partition coefficient (Wildman–Crippen LogP) is 1.88. The number of hydrogen-bond donors (Lipinski definition) is 2. The molecule has 1 saturated heterocycles. The Labute approximate surface area is 172 Å². The Balaban J connectivity index is 1.69. The Bertz CT molecular complexity index is 808. The molecule has 1 aliphatic heterocycles. The lowest BCUT2D eigenvalue weighted by molar-refractivity contribution is -0.139. The van der Waals surface area contributed by atoms with Crippen LogP contribution in [0.4, 0.5) is 0 Å². The Kier molecular flexibility index (Phi) is 7.38. The summed E-state index contributed by atoms with van der Waals surface area (Å²) in [5.41, 5.74) is 3.43. The molecule has 1 atom stereocenters. The first-order valence-electron chi connectivity index (χ1n) is 10.2. The fraction of sp³-hybridized carbons (Fsp3) is 0.391. The number of nitrogens with one attached hydrogen (secondary N) is 1. The molecule has 0 radical (unpaired) electrons. The highest BCUT2D eigenvalue weighted by atomic mass is 16.3. The number of carbonyl (C=O) groups is 2. The van der Waals surface area contributed by atoms with E-state index in [0.29, 0.717) is 32.7 Å². The molecule has 2 amide bonds. The Morgan fingerprint density at radius 2 is 1.83 bits per heavy atom. The minimum Gasteiger partial charge on any atom is -0.395 e. The predicted molar refractivity (Wildman–Crippen MR) is 113 cm³/mol. The van der Waals surface area contributed by atoms with Gasteiger partial charge in [0.15, 0.2) is 0 Å². The van der Waals surface area contributed by atoms with Crippen molar-refractivity contribution in [1.82, 2.24) is 15.1 Å². The van der Waals surface area contributed by atoms with Crippen LogP contribution in [0, 0.1) is 0 Å². The monoisotopic (exact) mass is 395 g/mol. The number of benzene rings is 2. The molecule has 3 rings (SSSR count). The van der Waals surface area contributed by atoms with Crippen LogP contribution in [0.3, 0.4) is 0 Å². The molecular weight excluding hydrogens is 366 g/mol. The van der Waals surface area contributed by atoms with Gasteiger partial charge in [0, 0.05) is 32.7 Å².